The fourth-order valence-corrected chi connectivity index (χ4v) is 3.91. The standard InChI is InChI=1S/C23H27N3O/c1-25-21-17-26(15-8-12-18-9-6-7-13-22(18)27-2)16-14-20(21)24-23(25)19-10-4-3-5-11-19/h3-4,6-10,12-13H,5,11,14-17H2,1-2H3/b12-8+. The highest BCUT2D eigenvalue weighted by Crippen LogP contribution is 2.27. The van der Waals surface area contributed by atoms with Crippen molar-refractivity contribution in [3.05, 3.63) is 71.3 Å². The molecule has 1 aliphatic heterocycles. The van der Waals surface area contributed by atoms with E-state index >= 15 is 0 Å². The molecule has 0 bridgehead atoms. The minimum Gasteiger partial charge on any atom is -0.496 e. The molecule has 0 saturated heterocycles. The first-order valence-corrected chi connectivity index (χ1v) is 9.68. The molecule has 0 atom stereocenters. The third-order valence-electron chi connectivity index (χ3n) is 5.44. The second-order valence-electron chi connectivity index (χ2n) is 7.18. The summed E-state index contributed by atoms with van der Waals surface area (Å²) in [7, 11) is 3.88. The minimum absolute atomic E-state index is 0.917. The van der Waals surface area contributed by atoms with Crippen molar-refractivity contribution < 1.29 is 4.74 Å². The van der Waals surface area contributed by atoms with Gasteiger partial charge in [-0.25, -0.2) is 4.98 Å². The zero-order chi connectivity index (χ0) is 18.6. The van der Waals surface area contributed by atoms with Crippen LogP contribution in [0.25, 0.3) is 11.6 Å². The molecule has 2 heterocycles. The molecule has 0 fully saturated rings. The van der Waals surface area contributed by atoms with Crippen LogP contribution in [0.3, 0.4) is 0 Å². The van der Waals surface area contributed by atoms with Crippen molar-refractivity contribution >= 4 is 11.6 Å². The zero-order valence-corrected chi connectivity index (χ0v) is 16.2. The van der Waals surface area contributed by atoms with E-state index in [1.54, 1.807) is 7.11 Å². The van der Waals surface area contributed by atoms with Crippen molar-refractivity contribution in [2.45, 2.75) is 25.8 Å². The number of benzene rings is 1. The third kappa shape index (κ3) is 3.76. The number of nitrogens with zero attached hydrogens (tertiary/aromatic N) is 3. The Hall–Kier alpha value is -2.59. The second kappa shape index (κ2) is 7.97. The van der Waals surface area contributed by atoms with Gasteiger partial charge in [0.25, 0.3) is 0 Å². The predicted octanol–water partition coefficient (Wildman–Crippen LogP) is 4.23. The molecule has 0 unspecified atom stereocenters. The summed E-state index contributed by atoms with van der Waals surface area (Å²) in [4.78, 5) is 7.44. The van der Waals surface area contributed by atoms with Gasteiger partial charge in [-0.15, -0.1) is 0 Å². The van der Waals surface area contributed by atoms with E-state index in [-0.39, 0.29) is 0 Å². The molecule has 0 saturated carbocycles. The number of fused-ring (bicyclic) bond motifs is 1. The first-order valence-electron chi connectivity index (χ1n) is 9.68. The number of methoxy groups -OCH3 is 1. The summed E-state index contributed by atoms with van der Waals surface area (Å²) in [5, 5.41) is 0. The topological polar surface area (TPSA) is 30.3 Å². The van der Waals surface area contributed by atoms with Crippen LogP contribution in [0.15, 0.2) is 48.6 Å². The number of ether oxygens (including phenoxy) is 1. The number of aromatic nitrogens is 2. The van der Waals surface area contributed by atoms with Gasteiger partial charge in [0.05, 0.1) is 18.5 Å². The van der Waals surface area contributed by atoms with E-state index in [9.17, 15) is 0 Å². The Kier molecular flexibility index (Phi) is 5.26. The number of hydrogen-bond acceptors (Lipinski definition) is 3. The lowest BCUT2D eigenvalue weighted by atomic mass is 10.0. The fraction of sp³-hybridized carbons (Fsp3) is 0.348. The summed E-state index contributed by atoms with van der Waals surface area (Å²) in [6.07, 6.45) is 14.2. The third-order valence-corrected chi connectivity index (χ3v) is 5.44. The molecule has 140 valence electrons. The van der Waals surface area contributed by atoms with Gasteiger partial charge in [-0.2, -0.15) is 0 Å². The number of rotatable bonds is 5. The highest BCUT2D eigenvalue weighted by atomic mass is 16.5. The Balaban J connectivity index is 1.45. The number of imidazole rings is 1. The van der Waals surface area contributed by atoms with Gasteiger partial charge >= 0.3 is 0 Å². The largest absolute Gasteiger partial charge is 0.496 e. The van der Waals surface area contributed by atoms with Crippen LogP contribution >= 0.6 is 0 Å². The summed E-state index contributed by atoms with van der Waals surface area (Å²) in [6.45, 7) is 2.94. The molecular formula is C23H27N3O. The second-order valence-corrected chi connectivity index (χ2v) is 7.18. The van der Waals surface area contributed by atoms with Crippen LogP contribution in [0.4, 0.5) is 0 Å². The van der Waals surface area contributed by atoms with Gasteiger partial charge in [0.2, 0.25) is 0 Å². The van der Waals surface area contributed by atoms with Crippen LogP contribution in [0, 0.1) is 0 Å². The van der Waals surface area contributed by atoms with Crippen molar-refractivity contribution in [3.8, 4) is 5.75 Å². The molecular weight excluding hydrogens is 334 g/mol. The lowest BCUT2D eigenvalue weighted by Crippen LogP contribution is -2.31. The van der Waals surface area contributed by atoms with Crippen LogP contribution in [-0.4, -0.2) is 34.7 Å². The molecule has 1 aliphatic carbocycles. The van der Waals surface area contributed by atoms with Crippen LogP contribution in [0.2, 0.25) is 0 Å². The summed E-state index contributed by atoms with van der Waals surface area (Å²) < 4.78 is 7.73. The van der Waals surface area contributed by atoms with Crippen molar-refractivity contribution in [3.63, 3.8) is 0 Å². The predicted molar refractivity (Wildman–Crippen MR) is 111 cm³/mol. The lowest BCUT2D eigenvalue weighted by molar-refractivity contribution is 0.273. The monoisotopic (exact) mass is 361 g/mol. The molecule has 4 rings (SSSR count). The maximum absolute atomic E-state index is 5.42. The molecule has 4 heteroatoms. The van der Waals surface area contributed by atoms with Crippen molar-refractivity contribution in [2.75, 3.05) is 20.2 Å². The summed E-state index contributed by atoms with van der Waals surface area (Å²) in [5.41, 5.74) is 5.11. The first kappa shape index (κ1) is 17.8. The molecule has 1 aromatic carbocycles. The van der Waals surface area contributed by atoms with E-state index in [2.05, 4.69) is 53.0 Å². The van der Waals surface area contributed by atoms with E-state index in [0.717, 1.165) is 56.0 Å². The maximum Gasteiger partial charge on any atom is 0.136 e. The molecule has 0 radical (unpaired) electrons. The summed E-state index contributed by atoms with van der Waals surface area (Å²) >= 11 is 0. The Labute approximate surface area is 161 Å². The van der Waals surface area contributed by atoms with Gasteiger partial charge in [-0.1, -0.05) is 48.6 Å². The summed E-state index contributed by atoms with van der Waals surface area (Å²) in [6, 6.07) is 8.13. The first-order chi connectivity index (χ1) is 13.3. The maximum atomic E-state index is 5.42. The van der Waals surface area contributed by atoms with E-state index in [4.69, 9.17) is 9.72 Å². The number of allylic oxidation sites excluding steroid dienone is 4. The van der Waals surface area contributed by atoms with Gasteiger partial charge in [0.1, 0.15) is 11.6 Å². The number of hydrogen-bond donors (Lipinski definition) is 0. The average Bonchev–Trinajstić information content (AvgIpc) is 3.05. The zero-order valence-electron chi connectivity index (χ0n) is 16.2. The molecule has 0 N–H and O–H groups in total. The molecule has 0 amide bonds. The Morgan fingerprint density at radius 3 is 2.93 bits per heavy atom. The van der Waals surface area contributed by atoms with Crippen LogP contribution < -0.4 is 4.74 Å². The molecule has 2 aliphatic rings. The average molecular weight is 361 g/mol. The van der Waals surface area contributed by atoms with Crippen molar-refractivity contribution in [1.29, 1.82) is 0 Å². The fourth-order valence-electron chi connectivity index (χ4n) is 3.91. The van der Waals surface area contributed by atoms with Gasteiger partial charge in [-0.05, 0) is 24.5 Å². The van der Waals surface area contributed by atoms with E-state index in [0.29, 0.717) is 0 Å². The van der Waals surface area contributed by atoms with Gasteiger partial charge in [0.15, 0.2) is 0 Å². The normalized spacial score (nSPS) is 17.2. The highest BCUT2D eigenvalue weighted by Gasteiger charge is 2.23. The molecule has 27 heavy (non-hydrogen) atoms. The van der Waals surface area contributed by atoms with Crippen molar-refractivity contribution in [2.24, 2.45) is 7.05 Å². The number of para-hydroxylation sites is 1. The molecule has 2 aromatic rings. The quantitative estimate of drug-likeness (QED) is 0.798. The van der Waals surface area contributed by atoms with Crippen molar-refractivity contribution in [1.82, 2.24) is 14.5 Å². The van der Waals surface area contributed by atoms with Gasteiger partial charge < -0.3 is 9.30 Å². The summed E-state index contributed by atoms with van der Waals surface area (Å²) in [5.74, 6) is 2.07. The minimum atomic E-state index is 0.917. The van der Waals surface area contributed by atoms with E-state index < -0.39 is 0 Å². The van der Waals surface area contributed by atoms with Gasteiger partial charge in [0, 0.05) is 38.7 Å². The lowest BCUT2D eigenvalue weighted by Gasteiger charge is -2.25. The molecule has 0 spiro atoms. The highest BCUT2D eigenvalue weighted by molar-refractivity contribution is 5.64. The molecule has 1 aromatic heterocycles. The molecule has 4 nitrogen and oxygen atoms in total. The van der Waals surface area contributed by atoms with Crippen LogP contribution in [0.5, 0.6) is 5.75 Å². The smallest absolute Gasteiger partial charge is 0.136 e. The Morgan fingerprint density at radius 1 is 1.22 bits per heavy atom. The van der Waals surface area contributed by atoms with Crippen LogP contribution in [-0.2, 0) is 20.0 Å². The van der Waals surface area contributed by atoms with E-state index in [1.165, 1.54) is 17.0 Å². The SMILES string of the molecule is COc1ccccc1/C=C/CN1CCc2nc(C3=CC=CCC3)n(C)c2C1. The Morgan fingerprint density at radius 2 is 2.11 bits per heavy atom. The van der Waals surface area contributed by atoms with Gasteiger partial charge in [-0.3, -0.25) is 4.90 Å². The Bertz CT molecular complexity index is 904. The van der Waals surface area contributed by atoms with Crippen LogP contribution in [0.1, 0.15) is 35.6 Å². The van der Waals surface area contributed by atoms with E-state index in [1.807, 2.05) is 18.2 Å².